The maximum Gasteiger partial charge on any atom is 0.0402 e. The van der Waals surface area contributed by atoms with E-state index in [4.69, 9.17) is 0 Å². The van der Waals surface area contributed by atoms with Crippen molar-refractivity contribution >= 4 is 5.69 Å². The van der Waals surface area contributed by atoms with Gasteiger partial charge in [-0.1, -0.05) is 0 Å². The van der Waals surface area contributed by atoms with Crippen LogP contribution in [-0.4, -0.2) is 31.2 Å². The van der Waals surface area contributed by atoms with Crippen LogP contribution in [0.25, 0.3) is 0 Å². The molecule has 0 unspecified atom stereocenters. The quantitative estimate of drug-likeness (QED) is 0.772. The third-order valence-corrected chi connectivity index (χ3v) is 3.82. The summed E-state index contributed by atoms with van der Waals surface area (Å²) in [5.41, 5.74) is 4.17. The first kappa shape index (κ1) is 10.1. The van der Waals surface area contributed by atoms with Gasteiger partial charge >= 0.3 is 0 Å². The molecule has 16 heavy (non-hydrogen) atoms. The predicted octanol–water partition coefficient (Wildman–Crippen LogP) is 1.50. The summed E-state index contributed by atoms with van der Waals surface area (Å²) in [6.07, 6.45) is 1.34. The van der Waals surface area contributed by atoms with Crippen molar-refractivity contribution in [1.82, 2.24) is 10.3 Å². The number of nitrogens with one attached hydrogen (secondary N) is 1. The summed E-state index contributed by atoms with van der Waals surface area (Å²) >= 11 is 0. The first-order chi connectivity index (χ1) is 7.67. The largest absolute Gasteiger partial charge is 0.370 e. The minimum atomic E-state index is 0.574. The monoisotopic (exact) mass is 217 g/mol. The first-order valence-electron chi connectivity index (χ1n) is 6.08. The Morgan fingerprint density at radius 1 is 1.25 bits per heavy atom. The zero-order valence-corrected chi connectivity index (χ0v) is 10.1. The van der Waals surface area contributed by atoms with Gasteiger partial charge in [-0.25, -0.2) is 0 Å². The van der Waals surface area contributed by atoms with Crippen molar-refractivity contribution in [3.63, 3.8) is 0 Å². The number of nitrogens with zero attached hydrogens (tertiary/aromatic N) is 2. The Hall–Kier alpha value is -1.09. The summed E-state index contributed by atoms with van der Waals surface area (Å²) in [6, 6.07) is 4.39. The van der Waals surface area contributed by atoms with Gasteiger partial charge in [-0.15, -0.1) is 0 Å². The Morgan fingerprint density at radius 2 is 1.94 bits per heavy atom. The highest BCUT2D eigenvalue weighted by Crippen LogP contribution is 2.39. The van der Waals surface area contributed by atoms with Gasteiger partial charge in [-0.05, 0) is 38.9 Å². The Kier molecular flexibility index (Phi) is 2.18. The second kappa shape index (κ2) is 3.45. The van der Waals surface area contributed by atoms with Gasteiger partial charge in [0.1, 0.15) is 0 Å². The number of aryl methyl sites for hydroxylation is 2. The van der Waals surface area contributed by atoms with E-state index in [2.05, 4.69) is 41.2 Å². The van der Waals surface area contributed by atoms with Gasteiger partial charge in [0.25, 0.3) is 0 Å². The van der Waals surface area contributed by atoms with Crippen molar-refractivity contribution in [3.8, 4) is 0 Å². The van der Waals surface area contributed by atoms with E-state index in [1.165, 1.54) is 38.3 Å². The van der Waals surface area contributed by atoms with Crippen LogP contribution in [0.15, 0.2) is 12.1 Å². The molecule has 2 aliphatic rings. The van der Waals surface area contributed by atoms with Crippen LogP contribution in [0.3, 0.4) is 0 Å². The van der Waals surface area contributed by atoms with E-state index < -0.39 is 0 Å². The molecule has 0 amide bonds. The minimum absolute atomic E-state index is 0.574. The van der Waals surface area contributed by atoms with E-state index in [1.54, 1.807) is 0 Å². The topological polar surface area (TPSA) is 28.2 Å². The normalized spacial score (nSPS) is 22.5. The van der Waals surface area contributed by atoms with E-state index in [-0.39, 0.29) is 0 Å². The lowest BCUT2D eigenvalue weighted by Gasteiger charge is -2.49. The van der Waals surface area contributed by atoms with Gasteiger partial charge in [0.05, 0.1) is 0 Å². The summed E-state index contributed by atoms with van der Waals surface area (Å²) in [5.74, 6) is 0. The number of rotatable bonds is 1. The first-order valence-corrected chi connectivity index (χ1v) is 6.08. The average Bonchev–Trinajstić information content (AvgIpc) is 2.61. The molecule has 3 nitrogen and oxygen atoms in total. The van der Waals surface area contributed by atoms with E-state index in [0.29, 0.717) is 5.41 Å². The van der Waals surface area contributed by atoms with Crippen LogP contribution < -0.4 is 10.2 Å². The second-order valence-corrected chi connectivity index (χ2v) is 5.39. The molecule has 0 aliphatic carbocycles. The van der Waals surface area contributed by atoms with Gasteiger partial charge in [0, 0.05) is 42.1 Å². The minimum Gasteiger partial charge on any atom is -0.370 e. The molecule has 0 saturated carbocycles. The molecule has 0 atom stereocenters. The number of hydrogen-bond acceptors (Lipinski definition) is 3. The maximum absolute atomic E-state index is 4.43. The SMILES string of the molecule is Cc1cc(N2CC3(CCNC3)C2)cc(C)n1. The lowest BCUT2D eigenvalue weighted by molar-refractivity contribution is 0.243. The molecule has 1 aromatic rings. The van der Waals surface area contributed by atoms with Crippen molar-refractivity contribution in [2.45, 2.75) is 20.3 Å². The Labute approximate surface area is 96.9 Å². The summed E-state index contributed by atoms with van der Waals surface area (Å²) in [7, 11) is 0. The molecule has 1 aromatic heterocycles. The fraction of sp³-hybridized carbons (Fsp3) is 0.615. The van der Waals surface area contributed by atoms with E-state index in [1.807, 2.05) is 0 Å². The van der Waals surface area contributed by atoms with Gasteiger partial charge < -0.3 is 10.2 Å². The van der Waals surface area contributed by atoms with Crippen molar-refractivity contribution in [1.29, 1.82) is 0 Å². The zero-order valence-electron chi connectivity index (χ0n) is 10.1. The maximum atomic E-state index is 4.43. The molecule has 2 fully saturated rings. The number of hydrogen-bond donors (Lipinski definition) is 1. The molecular formula is C13H19N3. The molecular weight excluding hydrogens is 198 g/mol. The molecule has 0 bridgehead atoms. The van der Waals surface area contributed by atoms with Crippen molar-refractivity contribution in [2.24, 2.45) is 5.41 Å². The van der Waals surface area contributed by atoms with Crippen LogP contribution in [0, 0.1) is 19.3 Å². The van der Waals surface area contributed by atoms with Crippen LogP contribution in [0.1, 0.15) is 17.8 Å². The second-order valence-electron chi connectivity index (χ2n) is 5.39. The standard InChI is InChI=1S/C13H19N3/c1-10-5-12(6-11(2)15-10)16-8-13(9-16)3-4-14-7-13/h5-6,14H,3-4,7-9H2,1-2H3. The highest BCUT2D eigenvalue weighted by Gasteiger charge is 2.44. The summed E-state index contributed by atoms with van der Waals surface area (Å²) < 4.78 is 0. The van der Waals surface area contributed by atoms with Crippen molar-refractivity contribution in [2.75, 3.05) is 31.1 Å². The third kappa shape index (κ3) is 1.59. The Bertz CT molecular complexity index is 379. The lowest BCUT2D eigenvalue weighted by atomic mass is 9.79. The molecule has 1 N–H and O–H groups in total. The van der Waals surface area contributed by atoms with Crippen LogP contribution in [-0.2, 0) is 0 Å². The highest BCUT2D eigenvalue weighted by molar-refractivity contribution is 5.51. The summed E-state index contributed by atoms with van der Waals surface area (Å²) in [6.45, 7) is 8.97. The zero-order chi connectivity index (χ0) is 11.2. The van der Waals surface area contributed by atoms with Gasteiger partial charge in [-0.3, -0.25) is 4.98 Å². The highest BCUT2D eigenvalue weighted by atomic mass is 15.2. The fourth-order valence-electron chi connectivity index (χ4n) is 3.01. The van der Waals surface area contributed by atoms with Crippen LogP contribution in [0.4, 0.5) is 5.69 Å². The molecule has 0 radical (unpaired) electrons. The molecule has 3 heterocycles. The molecule has 3 rings (SSSR count). The van der Waals surface area contributed by atoms with Crippen molar-refractivity contribution in [3.05, 3.63) is 23.5 Å². The average molecular weight is 217 g/mol. The van der Waals surface area contributed by atoms with Crippen LogP contribution in [0.2, 0.25) is 0 Å². The van der Waals surface area contributed by atoms with E-state index >= 15 is 0 Å². The molecule has 2 saturated heterocycles. The lowest BCUT2D eigenvalue weighted by Crippen LogP contribution is -2.57. The summed E-state index contributed by atoms with van der Waals surface area (Å²) in [4.78, 5) is 6.91. The molecule has 2 aliphatic heterocycles. The smallest absolute Gasteiger partial charge is 0.0402 e. The van der Waals surface area contributed by atoms with E-state index in [0.717, 1.165) is 11.4 Å². The summed E-state index contributed by atoms with van der Waals surface area (Å²) in [5, 5.41) is 3.47. The molecule has 0 aromatic carbocycles. The predicted molar refractivity (Wildman–Crippen MR) is 65.8 cm³/mol. The number of anilines is 1. The number of aromatic nitrogens is 1. The Balaban J connectivity index is 1.75. The molecule has 3 heteroatoms. The van der Waals surface area contributed by atoms with Gasteiger partial charge in [-0.2, -0.15) is 0 Å². The van der Waals surface area contributed by atoms with E-state index in [9.17, 15) is 0 Å². The molecule has 1 spiro atoms. The molecule has 86 valence electrons. The fourth-order valence-corrected chi connectivity index (χ4v) is 3.01. The van der Waals surface area contributed by atoms with Crippen LogP contribution >= 0.6 is 0 Å². The van der Waals surface area contributed by atoms with Gasteiger partial charge in [0.15, 0.2) is 0 Å². The third-order valence-electron chi connectivity index (χ3n) is 3.82. The Morgan fingerprint density at radius 3 is 2.50 bits per heavy atom. The van der Waals surface area contributed by atoms with Crippen LogP contribution in [0.5, 0.6) is 0 Å². The number of pyridine rings is 1. The van der Waals surface area contributed by atoms with Gasteiger partial charge in [0.2, 0.25) is 0 Å². The van der Waals surface area contributed by atoms with Crippen molar-refractivity contribution < 1.29 is 0 Å².